The number of carboxylic acid groups (broad SMARTS) is 1. The molecule has 0 amide bonds. The maximum absolute atomic E-state index is 11.5. The molecule has 0 aromatic rings. The van der Waals surface area contributed by atoms with Crippen LogP contribution in [-0.4, -0.2) is 35.6 Å². The van der Waals surface area contributed by atoms with E-state index >= 15 is 0 Å². The molecule has 3 heteroatoms. The number of nitrogens with zero attached hydrogens (tertiary/aromatic N) is 1. The maximum atomic E-state index is 11.5. The van der Waals surface area contributed by atoms with Gasteiger partial charge < -0.3 is 10.0 Å². The standard InChI is InChI=1S/C16H29NO2/c1-17(12-13-8-4-2-5-9-13)15-11-7-3-6-10-14(15)16(18)19/h13-15H,2-12H2,1H3,(H,18,19). The zero-order chi connectivity index (χ0) is 13.7. The fourth-order valence-corrected chi connectivity index (χ4v) is 4.02. The minimum atomic E-state index is -0.581. The molecule has 0 saturated heterocycles. The summed E-state index contributed by atoms with van der Waals surface area (Å²) in [4.78, 5) is 13.9. The van der Waals surface area contributed by atoms with Gasteiger partial charge in [0.2, 0.25) is 0 Å². The molecule has 2 aliphatic rings. The van der Waals surface area contributed by atoms with E-state index < -0.39 is 5.97 Å². The molecule has 2 rings (SSSR count). The van der Waals surface area contributed by atoms with Gasteiger partial charge >= 0.3 is 5.97 Å². The van der Waals surface area contributed by atoms with Crippen molar-refractivity contribution in [2.24, 2.45) is 11.8 Å². The van der Waals surface area contributed by atoms with E-state index in [0.717, 1.165) is 31.7 Å². The summed E-state index contributed by atoms with van der Waals surface area (Å²) < 4.78 is 0. The molecule has 1 N–H and O–H groups in total. The van der Waals surface area contributed by atoms with Gasteiger partial charge in [-0.1, -0.05) is 38.5 Å². The van der Waals surface area contributed by atoms with E-state index in [1.165, 1.54) is 44.9 Å². The number of aliphatic carboxylic acids is 1. The first kappa shape index (κ1) is 14.8. The largest absolute Gasteiger partial charge is 0.481 e. The van der Waals surface area contributed by atoms with Gasteiger partial charge in [-0.25, -0.2) is 0 Å². The number of rotatable bonds is 4. The molecule has 2 fully saturated rings. The van der Waals surface area contributed by atoms with Crippen LogP contribution < -0.4 is 0 Å². The molecule has 2 saturated carbocycles. The Kier molecular flexibility index (Phi) is 5.68. The lowest BCUT2D eigenvalue weighted by atomic mass is 9.87. The minimum Gasteiger partial charge on any atom is -0.481 e. The van der Waals surface area contributed by atoms with Gasteiger partial charge in [-0.3, -0.25) is 4.79 Å². The third kappa shape index (κ3) is 4.20. The summed E-state index contributed by atoms with van der Waals surface area (Å²) in [6.07, 6.45) is 12.2. The van der Waals surface area contributed by atoms with Gasteiger partial charge in [-0.15, -0.1) is 0 Å². The van der Waals surface area contributed by atoms with Crippen molar-refractivity contribution in [1.29, 1.82) is 0 Å². The number of hydrogen-bond donors (Lipinski definition) is 1. The quantitative estimate of drug-likeness (QED) is 0.792. The first-order valence-corrected chi connectivity index (χ1v) is 8.11. The van der Waals surface area contributed by atoms with Gasteiger partial charge in [0.1, 0.15) is 0 Å². The number of hydrogen-bond acceptors (Lipinski definition) is 2. The molecule has 0 aromatic carbocycles. The van der Waals surface area contributed by atoms with E-state index in [2.05, 4.69) is 11.9 Å². The van der Waals surface area contributed by atoms with E-state index in [0.29, 0.717) is 0 Å². The van der Waals surface area contributed by atoms with Gasteiger partial charge in [0, 0.05) is 12.6 Å². The van der Waals surface area contributed by atoms with Crippen molar-refractivity contribution in [2.75, 3.05) is 13.6 Å². The van der Waals surface area contributed by atoms with Gasteiger partial charge in [0.15, 0.2) is 0 Å². The van der Waals surface area contributed by atoms with E-state index in [1.54, 1.807) is 0 Å². The van der Waals surface area contributed by atoms with Crippen LogP contribution in [0.25, 0.3) is 0 Å². The summed E-state index contributed by atoms with van der Waals surface area (Å²) >= 11 is 0. The van der Waals surface area contributed by atoms with Crippen molar-refractivity contribution in [3.63, 3.8) is 0 Å². The third-order valence-corrected chi connectivity index (χ3v) is 5.13. The Hall–Kier alpha value is -0.570. The van der Waals surface area contributed by atoms with E-state index in [4.69, 9.17) is 0 Å². The van der Waals surface area contributed by atoms with Crippen molar-refractivity contribution < 1.29 is 9.90 Å². The van der Waals surface area contributed by atoms with E-state index in [1.807, 2.05) is 0 Å². The molecule has 0 radical (unpaired) electrons. The fraction of sp³-hybridized carbons (Fsp3) is 0.938. The van der Waals surface area contributed by atoms with Crippen LogP contribution in [0.3, 0.4) is 0 Å². The second-order valence-electron chi connectivity index (χ2n) is 6.59. The molecule has 2 atom stereocenters. The molecule has 0 aromatic heterocycles. The van der Waals surface area contributed by atoms with Gasteiger partial charge in [0.25, 0.3) is 0 Å². The molecule has 0 aliphatic heterocycles. The Bertz CT molecular complexity index is 286. The van der Waals surface area contributed by atoms with Crippen LogP contribution in [0.5, 0.6) is 0 Å². The monoisotopic (exact) mass is 267 g/mol. The van der Waals surface area contributed by atoms with E-state index in [9.17, 15) is 9.90 Å². The Morgan fingerprint density at radius 2 is 1.58 bits per heavy atom. The highest BCUT2D eigenvalue weighted by Crippen LogP contribution is 2.30. The Labute approximate surface area is 117 Å². The van der Waals surface area contributed by atoms with Crippen LogP contribution in [0.4, 0.5) is 0 Å². The smallest absolute Gasteiger partial charge is 0.308 e. The molecule has 2 aliphatic carbocycles. The van der Waals surface area contributed by atoms with Crippen molar-refractivity contribution in [3.8, 4) is 0 Å². The lowest BCUT2D eigenvalue weighted by Crippen LogP contribution is -2.43. The zero-order valence-corrected chi connectivity index (χ0v) is 12.3. The predicted octanol–water partition coefficient (Wildman–Crippen LogP) is 3.53. The summed E-state index contributed by atoms with van der Waals surface area (Å²) in [6.45, 7) is 1.11. The first-order valence-electron chi connectivity index (χ1n) is 8.11. The highest BCUT2D eigenvalue weighted by atomic mass is 16.4. The minimum absolute atomic E-state index is 0.143. The second kappa shape index (κ2) is 7.28. The summed E-state index contributed by atoms with van der Waals surface area (Å²) in [5.41, 5.74) is 0. The average molecular weight is 267 g/mol. The Morgan fingerprint density at radius 1 is 1.00 bits per heavy atom. The normalized spacial score (nSPS) is 30.2. The third-order valence-electron chi connectivity index (χ3n) is 5.13. The predicted molar refractivity (Wildman–Crippen MR) is 77.2 cm³/mol. The Balaban J connectivity index is 1.93. The molecule has 19 heavy (non-hydrogen) atoms. The van der Waals surface area contributed by atoms with Crippen molar-refractivity contribution >= 4 is 5.97 Å². The van der Waals surface area contributed by atoms with Gasteiger partial charge in [0.05, 0.1) is 5.92 Å². The van der Waals surface area contributed by atoms with Crippen molar-refractivity contribution in [2.45, 2.75) is 70.3 Å². The van der Waals surface area contributed by atoms with Gasteiger partial charge in [-0.2, -0.15) is 0 Å². The zero-order valence-electron chi connectivity index (χ0n) is 12.3. The topological polar surface area (TPSA) is 40.5 Å². The van der Waals surface area contributed by atoms with Crippen LogP contribution in [0.2, 0.25) is 0 Å². The van der Waals surface area contributed by atoms with Crippen LogP contribution in [-0.2, 0) is 4.79 Å². The van der Waals surface area contributed by atoms with Crippen LogP contribution in [0.1, 0.15) is 64.2 Å². The average Bonchev–Trinajstić information content (AvgIpc) is 2.65. The highest BCUT2D eigenvalue weighted by Gasteiger charge is 2.33. The molecule has 0 bridgehead atoms. The lowest BCUT2D eigenvalue weighted by molar-refractivity contribution is -0.144. The SMILES string of the molecule is CN(CC1CCCCC1)C1CCCCCC1C(=O)O. The van der Waals surface area contributed by atoms with Crippen molar-refractivity contribution in [3.05, 3.63) is 0 Å². The molecule has 2 unspecified atom stereocenters. The summed E-state index contributed by atoms with van der Waals surface area (Å²) in [5, 5.41) is 9.46. The molecule has 0 spiro atoms. The molecule has 3 nitrogen and oxygen atoms in total. The Morgan fingerprint density at radius 3 is 2.21 bits per heavy atom. The number of carbonyl (C=O) groups is 1. The molecular formula is C16H29NO2. The summed E-state index contributed by atoms with van der Waals surface area (Å²) in [5.74, 6) is 0.0786. The molecular weight excluding hydrogens is 238 g/mol. The van der Waals surface area contributed by atoms with Crippen LogP contribution >= 0.6 is 0 Å². The highest BCUT2D eigenvalue weighted by molar-refractivity contribution is 5.70. The molecule has 0 heterocycles. The van der Waals surface area contributed by atoms with Crippen LogP contribution in [0.15, 0.2) is 0 Å². The van der Waals surface area contributed by atoms with E-state index in [-0.39, 0.29) is 12.0 Å². The number of carboxylic acids is 1. The lowest BCUT2D eigenvalue weighted by Gasteiger charge is -2.35. The molecule has 110 valence electrons. The summed E-state index contributed by atoms with van der Waals surface area (Å²) in [7, 11) is 2.15. The van der Waals surface area contributed by atoms with Crippen LogP contribution in [0, 0.1) is 11.8 Å². The fourth-order valence-electron chi connectivity index (χ4n) is 4.02. The maximum Gasteiger partial charge on any atom is 0.308 e. The summed E-state index contributed by atoms with van der Waals surface area (Å²) in [6, 6.07) is 0.266. The first-order chi connectivity index (χ1) is 9.18. The second-order valence-corrected chi connectivity index (χ2v) is 6.59. The van der Waals surface area contributed by atoms with Crippen molar-refractivity contribution in [1.82, 2.24) is 4.90 Å². The van der Waals surface area contributed by atoms with Gasteiger partial charge in [-0.05, 0) is 38.6 Å².